The van der Waals surface area contributed by atoms with Gasteiger partial charge in [0.1, 0.15) is 0 Å². The molecule has 2 aromatic rings. The number of aromatic amines is 1. The summed E-state index contributed by atoms with van der Waals surface area (Å²) in [6.07, 6.45) is 5.36. The minimum atomic E-state index is -0.0651. The number of pyridine rings is 1. The predicted octanol–water partition coefficient (Wildman–Crippen LogP) is 2.55. The van der Waals surface area contributed by atoms with Crippen LogP contribution >= 0.6 is 0 Å². The SMILES string of the molecule is O=c1[nH]cccc1/C=C/c1ccccc1. The lowest BCUT2D eigenvalue weighted by Gasteiger charge is -1.92. The Kier molecular flexibility index (Phi) is 2.79. The Morgan fingerprint density at radius 2 is 1.73 bits per heavy atom. The molecule has 0 bridgehead atoms. The van der Waals surface area contributed by atoms with Crippen LogP contribution in [-0.2, 0) is 0 Å². The molecule has 0 atom stereocenters. The Labute approximate surface area is 87.9 Å². The molecule has 74 valence electrons. The van der Waals surface area contributed by atoms with Crippen molar-refractivity contribution in [1.82, 2.24) is 4.98 Å². The van der Waals surface area contributed by atoms with E-state index in [1.54, 1.807) is 12.3 Å². The molecule has 0 aliphatic heterocycles. The highest BCUT2D eigenvalue weighted by atomic mass is 16.1. The second kappa shape index (κ2) is 4.42. The van der Waals surface area contributed by atoms with E-state index in [0.29, 0.717) is 5.56 Å². The lowest BCUT2D eigenvalue weighted by Crippen LogP contribution is -2.06. The minimum absolute atomic E-state index is 0.0651. The summed E-state index contributed by atoms with van der Waals surface area (Å²) >= 11 is 0. The summed E-state index contributed by atoms with van der Waals surface area (Å²) in [5.74, 6) is 0. The van der Waals surface area contributed by atoms with E-state index >= 15 is 0 Å². The monoisotopic (exact) mass is 197 g/mol. The molecule has 0 unspecified atom stereocenters. The largest absolute Gasteiger partial charge is 0.329 e. The van der Waals surface area contributed by atoms with E-state index < -0.39 is 0 Å². The molecule has 0 aliphatic rings. The van der Waals surface area contributed by atoms with Gasteiger partial charge in [0.15, 0.2) is 0 Å². The van der Waals surface area contributed by atoms with E-state index in [-0.39, 0.29) is 5.56 Å². The molecule has 0 saturated carbocycles. The van der Waals surface area contributed by atoms with Crippen LogP contribution in [0.4, 0.5) is 0 Å². The molecule has 2 heteroatoms. The lowest BCUT2D eigenvalue weighted by molar-refractivity contribution is 1.23. The van der Waals surface area contributed by atoms with Crippen molar-refractivity contribution >= 4 is 12.2 Å². The highest BCUT2D eigenvalue weighted by Crippen LogP contribution is 2.04. The maximum absolute atomic E-state index is 11.3. The Balaban J connectivity index is 2.27. The van der Waals surface area contributed by atoms with E-state index in [9.17, 15) is 4.79 Å². The average Bonchev–Trinajstić information content (AvgIpc) is 2.29. The summed E-state index contributed by atoms with van der Waals surface area (Å²) in [5.41, 5.74) is 1.69. The second-order valence-corrected chi connectivity index (χ2v) is 3.20. The van der Waals surface area contributed by atoms with Crippen molar-refractivity contribution in [2.45, 2.75) is 0 Å². The van der Waals surface area contributed by atoms with Crippen molar-refractivity contribution in [3.63, 3.8) is 0 Å². The Morgan fingerprint density at radius 3 is 2.47 bits per heavy atom. The first-order valence-electron chi connectivity index (χ1n) is 4.77. The van der Waals surface area contributed by atoms with Crippen molar-refractivity contribution in [3.05, 3.63) is 70.1 Å². The third kappa shape index (κ3) is 2.44. The number of aromatic nitrogens is 1. The summed E-state index contributed by atoms with van der Waals surface area (Å²) in [6.45, 7) is 0. The molecule has 1 N–H and O–H groups in total. The molecule has 15 heavy (non-hydrogen) atoms. The van der Waals surface area contributed by atoms with E-state index in [2.05, 4.69) is 4.98 Å². The molecule has 0 spiro atoms. The molecule has 0 aliphatic carbocycles. The number of rotatable bonds is 2. The van der Waals surface area contributed by atoms with Gasteiger partial charge in [0.25, 0.3) is 5.56 Å². The van der Waals surface area contributed by atoms with Crippen LogP contribution in [0.3, 0.4) is 0 Å². The van der Waals surface area contributed by atoms with Crippen molar-refractivity contribution < 1.29 is 0 Å². The highest BCUT2D eigenvalue weighted by Gasteiger charge is 1.91. The second-order valence-electron chi connectivity index (χ2n) is 3.20. The summed E-state index contributed by atoms with van der Waals surface area (Å²) in [6, 6.07) is 13.5. The molecule has 0 fully saturated rings. The third-order valence-corrected chi connectivity index (χ3v) is 2.10. The van der Waals surface area contributed by atoms with E-state index in [0.717, 1.165) is 5.56 Å². The van der Waals surface area contributed by atoms with Gasteiger partial charge >= 0.3 is 0 Å². The fourth-order valence-corrected chi connectivity index (χ4v) is 1.32. The Morgan fingerprint density at radius 1 is 0.933 bits per heavy atom. The first-order chi connectivity index (χ1) is 7.36. The van der Waals surface area contributed by atoms with Gasteiger partial charge in [-0.1, -0.05) is 36.4 Å². The standard InChI is InChI=1S/C13H11NO/c15-13-12(7-4-10-14-13)9-8-11-5-2-1-3-6-11/h1-10H,(H,14,15)/b9-8+. The molecule has 2 rings (SSSR count). The lowest BCUT2D eigenvalue weighted by atomic mass is 10.2. The first-order valence-corrected chi connectivity index (χ1v) is 4.77. The Hall–Kier alpha value is -2.09. The molecule has 1 aromatic heterocycles. The van der Waals surface area contributed by atoms with Crippen LogP contribution in [-0.4, -0.2) is 4.98 Å². The molecule has 0 radical (unpaired) electrons. The van der Waals surface area contributed by atoms with Gasteiger partial charge in [-0.15, -0.1) is 0 Å². The molecule has 2 nitrogen and oxygen atoms in total. The average molecular weight is 197 g/mol. The third-order valence-electron chi connectivity index (χ3n) is 2.10. The zero-order valence-electron chi connectivity index (χ0n) is 8.18. The summed E-state index contributed by atoms with van der Waals surface area (Å²) < 4.78 is 0. The number of nitrogens with one attached hydrogen (secondary N) is 1. The van der Waals surface area contributed by atoms with Crippen LogP contribution in [0, 0.1) is 0 Å². The fraction of sp³-hybridized carbons (Fsp3) is 0. The molecular weight excluding hydrogens is 186 g/mol. The summed E-state index contributed by atoms with van der Waals surface area (Å²) in [7, 11) is 0. The summed E-state index contributed by atoms with van der Waals surface area (Å²) in [4.78, 5) is 14.0. The number of H-pyrrole nitrogens is 1. The van der Waals surface area contributed by atoms with Crippen molar-refractivity contribution in [2.24, 2.45) is 0 Å². The van der Waals surface area contributed by atoms with Gasteiger partial charge in [0.2, 0.25) is 0 Å². The molecule has 1 aromatic carbocycles. The fourth-order valence-electron chi connectivity index (χ4n) is 1.32. The smallest absolute Gasteiger partial charge is 0.255 e. The molecule has 0 saturated heterocycles. The number of benzene rings is 1. The predicted molar refractivity (Wildman–Crippen MR) is 62.4 cm³/mol. The van der Waals surface area contributed by atoms with Gasteiger partial charge in [-0.25, -0.2) is 0 Å². The maximum atomic E-state index is 11.3. The van der Waals surface area contributed by atoms with Gasteiger partial charge in [-0.3, -0.25) is 4.79 Å². The van der Waals surface area contributed by atoms with Gasteiger partial charge in [0, 0.05) is 11.8 Å². The number of hydrogen-bond acceptors (Lipinski definition) is 1. The van der Waals surface area contributed by atoms with Crippen molar-refractivity contribution in [3.8, 4) is 0 Å². The van der Waals surface area contributed by atoms with Gasteiger partial charge in [-0.2, -0.15) is 0 Å². The van der Waals surface area contributed by atoms with E-state index in [1.807, 2.05) is 48.6 Å². The van der Waals surface area contributed by atoms with Crippen molar-refractivity contribution in [1.29, 1.82) is 0 Å². The highest BCUT2D eigenvalue weighted by molar-refractivity contribution is 5.68. The van der Waals surface area contributed by atoms with E-state index in [4.69, 9.17) is 0 Å². The van der Waals surface area contributed by atoms with Gasteiger partial charge in [0.05, 0.1) is 0 Å². The van der Waals surface area contributed by atoms with Crippen LogP contribution in [0.5, 0.6) is 0 Å². The van der Waals surface area contributed by atoms with E-state index in [1.165, 1.54) is 0 Å². The van der Waals surface area contributed by atoms with Crippen LogP contribution in [0.25, 0.3) is 12.2 Å². The quantitative estimate of drug-likeness (QED) is 0.788. The molecular formula is C13H11NO. The van der Waals surface area contributed by atoms with Gasteiger partial charge < -0.3 is 4.98 Å². The van der Waals surface area contributed by atoms with Crippen LogP contribution in [0.1, 0.15) is 11.1 Å². The Bertz CT molecular complexity index is 511. The first kappa shape index (κ1) is 9.46. The topological polar surface area (TPSA) is 32.9 Å². The minimum Gasteiger partial charge on any atom is -0.329 e. The zero-order chi connectivity index (χ0) is 10.5. The van der Waals surface area contributed by atoms with Gasteiger partial charge in [-0.05, 0) is 23.8 Å². The molecule has 1 heterocycles. The summed E-state index contributed by atoms with van der Waals surface area (Å²) in [5, 5.41) is 0. The molecule has 0 amide bonds. The normalized spacial score (nSPS) is 10.7. The van der Waals surface area contributed by atoms with Crippen LogP contribution in [0.15, 0.2) is 53.5 Å². The van der Waals surface area contributed by atoms with Crippen molar-refractivity contribution in [2.75, 3.05) is 0 Å². The maximum Gasteiger partial charge on any atom is 0.255 e. The van der Waals surface area contributed by atoms with Crippen LogP contribution < -0.4 is 5.56 Å². The number of hydrogen-bond donors (Lipinski definition) is 1. The zero-order valence-corrected chi connectivity index (χ0v) is 8.18. The van der Waals surface area contributed by atoms with Crippen LogP contribution in [0.2, 0.25) is 0 Å².